The minimum atomic E-state index is -0.620. The summed E-state index contributed by atoms with van der Waals surface area (Å²) in [6.07, 6.45) is 0. The molecule has 1 aromatic heterocycles. The highest BCUT2D eigenvalue weighted by molar-refractivity contribution is 8.01. The number of ether oxygens (including phenoxy) is 1. The molecule has 0 unspecified atom stereocenters. The molecule has 0 saturated heterocycles. The van der Waals surface area contributed by atoms with Gasteiger partial charge in [-0.15, -0.1) is 10.2 Å². The normalized spacial score (nSPS) is 16.8. The maximum atomic E-state index is 12.6. The highest BCUT2D eigenvalue weighted by Gasteiger charge is 2.33. The zero-order chi connectivity index (χ0) is 18.5. The molecule has 7 nitrogen and oxygen atoms in total. The molecule has 2 N–H and O–H groups in total. The van der Waals surface area contributed by atoms with Gasteiger partial charge < -0.3 is 15.4 Å². The first-order valence-electron chi connectivity index (χ1n) is 7.70. The van der Waals surface area contributed by atoms with E-state index in [2.05, 4.69) is 20.8 Å². The Balaban J connectivity index is 1.96. The number of benzene rings is 1. The summed E-state index contributed by atoms with van der Waals surface area (Å²) in [4.78, 5) is 24.7. The number of carbonyl (C=O) groups is 2. The summed E-state index contributed by atoms with van der Waals surface area (Å²) in [5.74, 6) is -0.117. The van der Waals surface area contributed by atoms with Crippen molar-refractivity contribution >= 4 is 46.7 Å². The molecular weight excluding hydrogens is 396 g/mol. The molecule has 0 radical (unpaired) electrons. The van der Waals surface area contributed by atoms with Crippen molar-refractivity contribution in [2.45, 2.75) is 17.3 Å². The lowest BCUT2D eigenvalue weighted by Crippen LogP contribution is -2.46. The number of nitrogens with one attached hydrogen (secondary N) is 2. The first kappa shape index (κ1) is 18.7. The first-order valence-corrected chi connectivity index (χ1v) is 9.95. The fourth-order valence-corrected chi connectivity index (χ4v) is 4.03. The third kappa shape index (κ3) is 4.35. The highest BCUT2D eigenvalue weighted by Crippen LogP contribution is 2.31. The third-order valence-corrected chi connectivity index (χ3v) is 5.67. The number of hydrogen-bond acceptors (Lipinski definition) is 7. The quantitative estimate of drug-likeness (QED) is 0.561. The van der Waals surface area contributed by atoms with Gasteiger partial charge in [0.05, 0.1) is 18.2 Å². The van der Waals surface area contributed by atoms with Crippen LogP contribution in [-0.4, -0.2) is 34.6 Å². The number of carbonyl (C=O) groups excluding carboxylic acids is 2. The molecule has 2 amide bonds. The lowest BCUT2D eigenvalue weighted by molar-refractivity contribution is -0.139. The van der Waals surface area contributed by atoms with E-state index in [4.69, 9.17) is 16.3 Å². The van der Waals surface area contributed by atoms with E-state index in [-0.39, 0.29) is 12.6 Å². The van der Waals surface area contributed by atoms with E-state index in [1.54, 1.807) is 36.7 Å². The maximum Gasteiger partial charge on any atom is 0.338 e. The predicted molar refractivity (Wildman–Crippen MR) is 100 cm³/mol. The maximum absolute atomic E-state index is 12.6. The molecule has 3 rings (SSSR count). The minimum absolute atomic E-state index is 0.237. The SMILES string of the molecule is CCOC(=O)C1=C(CSc2nncs2)NC(=O)N[C@H]1c1ccc(Cl)cc1. The van der Waals surface area contributed by atoms with Crippen molar-refractivity contribution in [2.24, 2.45) is 0 Å². The Bertz CT molecular complexity index is 825. The van der Waals surface area contributed by atoms with Crippen LogP contribution in [0.25, 0.3) is 0 Å². The van der Waals surface area contributed by atoms with Crippen molar-refractivity contribution in [3.05, 3.63) is 51.6 Å². The lowest BCUT2D eigenvalue weighted by atomic mass is 9.95. The summed E-state index contributed by atoms with van der Waals surface area (Å²) in [6, 6.07) is 5.96. The van der Waals surface area contributed by atoms with Crippen LogP contribution in [0, 0.1) is 0 Å². The number of hydrogen-bond donors (Lipinski definition) is 2. The average molecular weight is 411 g/mol. The number of halogens is 1. The van der Waals surface area contributed by atoms with E-state index in [9.17, 15) is 9.59 Å². The number of thioether (sulfide) groups is 1. The van der Waals surface area contributed by atoms with Crippen LogP contribution in [-0.2, 0) is 9.53 Å². The van der Waals surface area contributed by atoms with Crippen molar-refractivity contribution in [1.29, 1.82) is 0 Å². The number of urea groups is 1. The number of amides is 2. The molecule has 2 aromatic rings. The Morgan fingerprint density at radius 2 is 2.15 bits per heavy atom. The first-order chi connectivity index (χ1) is 12.6. The van der Waals surface area contributed by atoms with E-state index in [1.807, 2.05) is 0 Å². The minimum Gasteiger partial charge on any atom is -0.463 e. The van der Waals surface area contributed by atoms with E-state index >= 15 is 0 Å². The van der Waals surface area contributed by atoms with Gasteiger partial charge in [-0.25, -0.2) is 9.59 Å². The lowest BCUT2D eigenvalue weighted by Gasteiger charge is -2.29. The molecule has 0 spiro atoms. The molecule has 136 valence electrons. The van der Waals surface area contributed by atoms with Crippen LogP contribution in [0.5, 0.6) is 0 Å². The van der Waals surface area contributed by atoms with Gasteiger partial charge in [0.15, 0.2) is 4.34 Å². The van der Waals surface area contributed by atoms with Crippen LogP contribution < -0.4 is 10.6 Å². The molecule has 2 heterocycles. The van der Waals surface area contributed by atoms with E-state index in [0.29, 0.717) is 22.0 Å². The van der Waals surface area contributed by atoms with Gasteiger partial charge in [0.25, 0.3) is 0 Å². The molecular formula is C16H15ClN4O3S2. The molecule has 1 aliphatic rings. The Kier molecular flexibility index (Phi) is 6.12. The van der Waals surface area contributed by atoms with Gasteiger partial charge in [-0.3, -0.25) is 0 Å². The molecule has 0 saturated carbocycles. The summed E-state index contributed by atoms with van der Waals surface area (Å²) in [7, 11) is 0. The van der Waals surface area contributed by atoms with Gasteiger partial charge in [0, 0.05) is 16.5 Å². The molecule has 0 fully saturated rings. The smallest absolute Gasteiger partial charge is 0.338 e. The molecule has 0 aliphatic carbocycles. The van der Waals surface area contributed by atoms with Gasteiger partial charge in [-0.2, -0.15) is 0 Å². The van der Waals surface area contributed by atoms with Gasteiger partial charge in [0.2, 0.25) is 0 Å². The van der Waals surface area contributed by atoms with Crippen molar-refractivity contribution < 1.29 is 14.3 Å². The van der Waals surface area contributed by atoms with Gasteiger partial charge in [0.1, 0.15) is 5.51 Å². The second-order valence-corrected chi connectivity index (χ2v) is 7.68. The van der Waals surface area contributed by atoms with Crippen molar-refractivity contribution in [1.82, 2.24) is 20.8 Å². The fraction of sp³-hybridized carbons (Fsp3) is 0.250. The van der Waals surface area contributed by atoms with Gasteiger partial charge in [-0.1, -0.05) is 46.8 Å². The fourth-order valence-electron chi connectivity index (χ4n) is 2.45. The van der Waals surface area contributed by atoms with E-state index in [1.165, 1.54) is 23.1 Å². The molecule has 1 aromatic carbocycles. The molecule has 1 aliphatic heterocycles. The summed E-state index contributed by atoms with van der Waals surface area (Å²) in [5, 5.41) is 13.8. The Labute approximate surface area is 163 Å². The van der Waals surface area contributed by atoms with Gasteiger partial charge >= 0.3 is 12.0 Å². The number of rotatable bonds is 6. The summed E-state index contributed by atoms with van der Waals surface area (Å²) < 4.78 is 5.96. The van der Waals surface area contributed by atoms with Crippen molar-refractivity contribution in [3.63, 3.8) is 0 Å². The second-order valence-electron chi connectivity index (χ2n) is 5.19. The van der Waals surface area contributed by atoms with Crippen molar-refractivity contribution in [2.75, 3.05) is 12.4 Å². The van der Waals surface area contributed by atoms with E-state index < -0.39 is 12.0 Å². The van der Waals surface area contributed by atoms with Crippen LogP contribution in [0.2, 0.25) is 5.02 Å². The monoisotopic (exact) mass is 410 g/mol. The highest BCUT2D eigenvalue weighted by atomic mass is 35.5. The summed E-state index contributed by atoms with van der Waals surface area (Å²) in [5.41, 5.74) is 3.23. The number of aromatic nitrogens is 2. The van der Waals surface area contributed by atoms with E-state index in [0.717, 1.165) is 9.90 Å². The number of nitrogens with zero attached hydrogens (tertiary/aromatic N) is 2. The van der Waals surface area contributed by atoms with Crippen LogP contribution >= 0.6 is 34.7 Å². The Morgan fingerprint density at radius 1 is 1.38 bits per heavy atom. The third-order valence-electron chi connectivity index (χ3n) is 3.53. The summed E-state index contributed by atoms with van der Waals surface area (Å²) >= 11 is 8.73. The van der Waals surface area contributed by atoms with Gasteiger partial charge in [-0.05, 0) is 24.6 Å². The van der Waals surface area contributed by atoms with Crippen LogP contribution in [0.15, 0.2) is 45.4 Å². The number of esters is 1. The molecule has 10 heteroatoms. The average Bonchev–Trinajstić information content (AvgIpc) is 3.13. The summed E-state index contributed by atoms with van der Waals surface area (Å²) in [6.45, 7) is 1.97. The molecule has 0 bridgehead atoms. The zero-order valence-electron chi connectivity index (χ0n) is 13.7. The van der Waals surface area contributed by atoms with Crippen molar-refractivity contribution in [3.8, 4) is 0 Å². The predicted octanol–water partition coefficient (Wildman–Crippen LogP) is 3.15. The molecule has 26 heavy (non-hydrogen) atoms. The zero-order valence-corrected chi connectivity index (χ0v) is 16.1. The van der Waals surface area contributed by atoms with Crippen LogP contribution in [0.3, 0.4) is 0 Å². The Hall–Kier alpha value is -2.10. The standard InChI is InChI=1S/C16H15ClN4O3S2/c1-2-24-14(22)12-11(7-25-16-21-18-8-26-16)19-15(23)20-13(12)9-3-5-10(17)6-4-9/h3-6,8,13H,2,7H2,1H3,(H2,19,20,23)/t13-/m0/s1. The van der Waals surface area contributed by atoms with Crippen LogP contribution in [0.4, 0.5) is 4.79 Å². The van der Waals surface area contributed by atoms with Crippen LogP contribution in [0.1, 0.15) is 18.5 Å². The largest absolute Gasteiger partial charge is 0.463 e. The molecule has 1 atom stereocenters. The Morgan fingerprint density at radius 3 is 2.81 bits per heavy atom. The topological polar surface area (TPSA) is 93.2 Å². The second kappa shape index (κ2) is 8.52.